The van der Waals surface area contributed by atoms with Gasteiger partial charge in [0.15, 0.2) is 5.82 Å². The second-order valence-electron chi connectivity index (χ2n) is 9.12. The first-order chi connectivity index (χ1) is 16.5. The Bertz CT molecular complexity index is 1350. The van der Waals surface area contributed by atoms with Crippen molar-refractivity contribution in [3.63, 3.8) is 0 Å². The molecule has 0 aromatic carbocycles. The van der Waals surface area contributed by atoms with Crippen molar-refractivity contribution in [2.24, 2.45) is 0 Å². The Morgan fingerprint density at radius 1 is 1.03 bits per heavy atom. The van der Waals surface area contributed by atoms with Crippen molar-refractivity contribution in [1.82, 2.24) is 30.2 Å². The highest BCUT2D eigenvalue weighted by Gasteiger charge is 2.33. The third-order valence-corrected chi connectivity index (χ3v) is 6.94. The Hall–Kier alpha value is -3.27. The van der Waals surface area contributed by atoms with Gasteiger partial charge < -0.3 is 15.6 Å². The molecule has 0 amide bonds. The number of nitrogens with zero attached hydrogens (tertiary/aromatic N) is 4. The van der Waals surface area contributed by atoms with Crippen molar-refractivity contribution in [2.75, 3.05) is 18.4 Å². The van der Waals surface area contributed by atoms with Crippen molar-refractivity contribution < 1.29 is 13.2 Å². The lowest BCUT2D eigenvalue weighted by atomic mass is 9.79. The van der Waals surface area contributed by atoms with E-state index in [4.69, 9.17) is 9.97 Å². The fourth-order valence-electron chi connectivity index (χ4n) is 4.90. The molecule has 1 aliphatic heterocycles. The zero-order valence-corrected chi connectivity index (χ0v) is 18.4. The van der Waals surface area contributed by atoms with E-state index in [0.29, 0.717) is 28.2 Å². The molecule has 7 nitrogen and oxygen atoms in total. The van der Waals surface area contributed by atoms with Gasteiger partial charge in [0.1, 0.15) is 17.2 Å². The van der Waals surface area contributed by atoms with Gasteiger partial charge in [0, 0.05) is 34.8 Å². The molecule has 0 atom stereocenters. The summed E-state index contributed by atoms with van der Waals surface area (Å²) < 4.78 is 40.0. The van der Waals surface area contributed by atoms with Gasteiger partial charge in [-0.05, 0) is 62.4 Å². The van der Waals surface area contributed by atoms with E-state index >= 15 is 0 Å². The van der Waals surface area contributed by atoms with Crippen LogP contribution in [0.2, 0.25) is 0 Å². The van der Waals surface area contributed by atoms with Crippen LogP contribution in [0.3, 0.4) is 0 Å². The number of H-pyrrole nitrogens is 1. The molecule has 0 radical (unpaired) electrons. The van der Waals surface area contributed by atoms with Gasteiger partial charge >= 0.3 is 6.18 Å². The van der Waals surface area contributed by atoms with E-state index in [1.54, 1.807) is 12.3 Å². The smallest absolute Gasteiger partial charge is 0.367 e. The Kier molecular flexibility index (Phi) is 5.13. The molecule has 4 aromatic rings. The number of aromatic nitrogens is 5. The van der Waals surface area contributed by atoms with Crippen molar-refractivity contribution in [3.8, 4) is 11.4 Å². The highest BCUT2D eigenvalue weighted by atomic mass is 19.4. The lowest BCUT2D eigenvalue weighted by Gasteiger charge is -2.29. The highest BCUT2D eigenvalue weighted by molar-refractivity contribution is 5.97. The lowest BCUT2D eigenvalue weighted by Crippen LogP contribution is -2.35. The second-order valence-corrected chi connectivity index (χ2v) is 9.12. The summed E-state index contributed by atoms with van der Waals surface area (Å²) in [5, 5.41) is 8.31. The maximum atomic E-state index is 13.3. The van der Waals surface area contributed by atoms with E-state index in [2.05, 4.69) is 25.6 Å². The molecule has 10 heteroatoms. The summed E-state index contributed by atoms with van der Waals surface area (Å²) in [6.45, 7) is 1.86. The maximum absolute atomic E-state index is 13.3. The number of halogens is 3. The summed E-state index contributed by atoms with van der Waals surface area (Å²) in [5.74, 6) is 1.52. The van der Waals surface area contributed by atoms with Gasteiger partial charge in [-0.15, -0.1) is 0 Å². The average molecular weight is 467 g/mol. The third kappa shape index (κ3) is 3.75. The Labute approximate surface area is 193 Å². The van der Waals surface area contributed by atoms with E-state index in [1.165, 1.54) is 12.6 Å². The molecular formula is C24H24F3N7. The summed E-state index contributed by atoms with van der Waals surface area (Å²) >= 11 is 0. The van der Waals surface area contributed by atoms with Crippen molar-refractivity contribution in [2.45, 2.75) is 50.2 Å². The van der Waals surface area contributed by atoms with Gasteiger partial charge in [-0.2, -0.15) is 13.2 Å². The predicted octanol–water partition coefficient (Wildman–Crippen LogP) is 5.02. The van der Waals surface area contributed by atoms with Crippen LogP contribution < -0.4 is 10.6 Å². The number of fused-ring (bicyclic) bond motifs is 2. The van der Waals surface area contributed by atoms with Crippen LogP contribution in [0, 0.1) is 0 Å². The summed E-state index contributed by atoms with van der Waals surface area (Å²) in [6.07, 6.45) is 5.97. The van der Waals surface area contributed by atoms with Crippen molar-refractivity contribution >= 4 is 27.8 Å². The number of hydrogen-bond acceptors (Lipinski definition) is 6. The number of aromatic amines is 1. The molecule has 5 heterocycles. The van der Waals surface area contributed by atoms with Crippen molar-refractivity contribution in [1.29, 1.82) is 0 Å². The molecule has 3 N–H and O–H groups in total. The average Bonchev–Trinajstić information content (AvgIpc) is 3.24. The molecule has 0 bridgehead atoms. The van der Waals surface area contributed by atoms with E-state index in [-0.39, 0.29) is 11.7 Å². The standard InChI is InChI=1S/C24H24F3N7/c25-24(26,27)19-10-16-15(6-9-30-21(16)33-19)22-32-18-12-29-11-17(13-2-1-3-13)20(18)23(34-22)31-14-4-7-28-8-5-14/h6,9-14,28H,1-5,7-8H2,(H,30,33)(H,31,32,34). The van der Waals surface area contributed by atoms with Crippen LogP contribution in [0.15, 0.2) is 30.7 Å². The summed E-state index contributed by atoms with van der Waals surface area (Å²) in [6, 6.07) is 3.00. The van der Waals surface area contributed by atoms with Gasteiger partial charge in [0.2, 0.25) is 0 Å². The number of piperidine rings is 1. The lowest BCUT2D eigenvalue weighted by molar-refractivity contribution is -0.140. The first-order valence-corrected chi connectivity index (χ1v) is 11.7. The molecule has 0 unspecified atom stereocenters. The SMILES string of the molecule is FC(F)(F)c1cc2c(-c3nc(NC4CCNCC4)c4c(C5CCC5)cncc4n3)ccnc2[nH]1. The van der Waals surface area contributed by atoms with Crippen LogP contribution in [0.4, 0.5) is 19.0 Å². The molecule has 34 heavy (non-hydrogen) atoms. The number of pyridine rings is 2. The van der Waals surface area contributed by atoms with Gasteiger partial charge in [-0.3, -0.25) is 4.98 Å². The van der Waals surface area contributed by atoms with Crippen LogP contribution in [-0.2, 0) is 6.18 Å². The second kappa shape index (κ2) is 8.19. The highest BCUT2D eigenvalue weighted by Crippen LogP contribution is 2.42. The molecule has 0 spiro atoms. The van der Waals surface area contributed by atoms with E-state index < -0.39 is 11.9 Å². The Morgan fingerprint density at radius 3 is 2.59 bits per heavy atom. The molecule has 1 saturated heterocycles. The molecule has 2 aliphatic rings. The van der Waals surface area contributed by atoms with Crippen LogP contribution in [-0.4, -0.2) is 44.1 Å². The predicted molar refractivity (Wildman–Crippen MR) is 124 cm³/mol. The molecule has 6 rings (SSSR count). The normalized spacial score (nSPS) is 17.9. The Balaban J connectivity index is 1.53. The minimum absolute atomic E-state index is 0.155. The number of hydrogen-bond donors (Lipinski definition) is 3. The van der Waals surface area contributed by atoms with Gasteiger partial charge in [-0.25, -0.2) is 15.0 Å². The fraction of sp³-hybridized carbons (Fsp3) is 0.417. The zero-order valence-electron chi connectivity index (χ0n) is 18.4. The first-order valence-electron chi connectivity index (χ1n) is 11.7. The number of rotatable bonds is 4. The Morgan fingerprint density at radius 2 is 1.85 bits per heavy atom. The minimum Gasteiger partial charge on any atom is -0.367 e. The van der Waals surface area contributed by atoms with Crippen LogP contribution in [0.5, 0.6) is 0 Å². The maximum Gasteiger partial charge on any atom is 0.431 e. The number of anilines is 1. The minimum atomic E-state index is -4.49. The van der Waals surface area contributed by atoms with Crippen LogP contribution in [0.25, 0.3) is 33.3 Å². The quantitative estimate of drug-likeness (QED) is 0.391. The van der Waals surface area contributed by atoms with E-state index in [1.807, 2.05) is 6.20 Å². The largest absolute Gasteiger partial charge is 0.431 e. The van der Waals surface area contributed by atoms with Gasteiger partial charge in [0.05, 0.1) is 11.7 Å². The van der Waals surface area contributed by atoms with Crippen molar-refractivity contribution in [3.05, 3.63) is 42.0 Å². The molecule has 1 aliphatic carbocycles. The van der Waals surface area contributed by atoms with Crippen LogP contribution in [0.1, 0.15) is 49.3 Å². The molecular weight excluding hydrogens is 443 g/mol. The number of nitrogens with one attached hydrogen (secondary N) is 3. The fourth-order valence-corrected chi connectivity index (χ4v) is 4.90. The molecule has 4 aromatic heterocycles. The monoisotopic (exact) mass is 467 g/mol. The van der Waals surface area contributed by atoms with Crippen LogP contribution >= 0.6 is 0 Å². The van der Waals surface area contributed by atoms with E-state index in [9.17, 15) is 13.2 Å². The van der Waals surface area contributed by atoms with Gasteiger partial charge in [-0.1, -0.05) is 6.42 Å². The first kappa shape index (κ1) is 21.3. The molecule has 1 saturated carbocycles. The molecule has 2 fully saturated rings. The zero-order chi connectivity index (χ0) is 23.3. The summed E-state index contributed by atoms with van der Waals surface area (Å²) in [7, 11) is 0. The number of alkyl halides is 3. The van der Waals surface area contributed by atoms with E-state index in [0.717, 1.165) is 61.6 Å². The summed E-state index contributed by atoms with van der Waals surface area (Å²) in [4.78, 5) is 20.6. The van der Waals surface area contributed by atoms with Gasteiger partial charge in [0.25, 0.3) is 0 Å². The third-order valence-electron chi connectivity index (χ3n) is 6.94. The topological polar surface area (TPSA) is 91.4 Å². The summed E-state index contributed by atoms with van der Waals surface area (Å²) in [5.41, 5.74) is 1.66. The molecule has 176 valence electrons.